The first-order chi connectivity index (χ1) is 11.1. The standard InChI is InChI=1S/C18H18N2O3/c1-13-6-5-7-14(10-13)11-17(20(21)22)18-19-16(12-23-18)15-8-3-2-4-9-15/h2-10,16-17H,11-12H2,1H3/t16-,17+/m0/s1. The summed E-state index contributed by atoms with van der Waals surface area (Å²) < 4.78 is 5.55. The van der Waals surface area contributed by atoms with E-state index in [1.807, 2.05) is 61.5 Å². The summed E-state index contributed by atoms with van der Waals surface area (Å²) in [5.41, 5.74) is 3.02. The van der Waals surface area contributed by atoms with E-state index in [0.717, 1.165) is 16.7 Å². The van der Waals surface area contributed by atoms with Gasteiger partial charge in [0.25, 0.3) is 11.9 Å². The van der Waals surface area contributed by atoms with Gasteiger partial charge in [-0.2, -0.15) is 0 Å². The van der Waals surface area contributed by atoms with Crippen molar-refractivity contribution in [1.82, 2.24) is 0 Å². The molecule has 0 spiro atoms. The third kappa shape index (κ3) is 3.56. The van der Waals surface area contributed by atoms with E-state index in [1.54, 1.807) is 0 Å². The SMILES string of the molecule is Cc1cccc(C[C@H](C2=N[C@H](c3ccccc3)CO2)[N+](=O)[O-])c1. The molecule has 118 valence electrons. The molecule has 0 aromatic heterocycles. The summed E-state index contributed by atoms with van der Waals surface area (Å²) in [5, 5.41) is 11.5. The maximum atomic E-state index is 11.5. The van der Waals surface area contributed by atoms with Gasteiger partial charge >= 0.3 is 0 Å². The van der Waals surface area contributed by atoms with Crippen molar-refractivity contribution >= 4 is 5.90 Å². The van der Waals surface area contributed by atoms with Crippen LogP contribution in [0.1, 0.15) is 22.7 Å². The van der Waals surface area contributed by atoms with Crippen LogP contribution in [0.5, 0.6) is 0 Å². The summed E-state index contributed by atoms with van der Waals surface area (Å²) >= 11 is 0. The average Bonchev–Trinajstić information content (AvgIpc) is 3.03. The zero-order valence-corrected chi connectivity index (χ0v) is 12.9. The second kappa shape index (κ2) is 6.60. The third-order valence-electron chi connectivity index (χ3n) is 3.91. The number of hydrogen-bond acceptors (Lipinski definition) is 4. The lowest BCUT2D eigenvalue weighted by atomic mass is 10.0. The molecule has 1 aliphatic rings. The van der Waals surface area contributed by atoms with Crippen LogP contribution < -0.4 is 0 Å². The predicted molar refractivity (Wildman–Crippen MR) is 88.2 cm³/mol. The summed E-state index contributed by atoms with van der Waals surface area (Å²) in [5.74, 6) is 0.227. The monoisotopic (exact) mass is 310 g/mol. The molecule has 5 nitrogen and oxygen atoms in total. The molecule has 1 heterocycles. The summed E-state index contributed by atoms with van der Waals surface area (Å²) in [6.07, 6.45) is 0.287. The topological polar surface area (TPSA) is 64.7 Å². The molecular weight excluding hydrogens is 292 g/mol. The number of ether oxygens (including phenoxy) is 1. The lowest BCUT2D eigenvalue weighted by Crippen LogP contribution is -2.32. The Bertz CT molecular complexity index is 728. The molecule has 0 saturated carbocycles. The molecule has 2 aromatic rings. The van der Waals surface area contributed by atoms with Crippen molar-refractivity contribution in [2.75, 3.05) is 6.61 Å². The molecule has 0 amide bonds. The zero-order chi connectivity index (χ0) is 16.2. The molecule has 0 radical (unpaired) electrons. The van der Waals surface area contributed by atoms with Gasteiger partial charge in [0, 0.05) is 11.3 Å². The molecule has 0 fully saturated rings. The molecule has 5 heteroatoms. The molecule has 0 saturated heterocycles. The van der Waals surface area contributed by atoms with Gasteiger partial charge in [-0.15, -0.1) is 0 Å². The Balaban J connectivity index is 1.80. The van der Waals surface area contributed by atoms with Crippen LogP contribution in [0.3, 0.4) is 0 Å². The minimum Gasteiger partial charge on any atom is -0.473 e. The van der Waals surface area contributed by atoms with Gasteiger partial charge < -0.3 is 4.74 Å². The zero-order valence-electron chi connectivity index (χ0n) is 12.9. The van der Waals surface area contributed by atoms with Crippen LogP contribution >= 0.6 is 0 Å². The maximum Gasteiger partial charge on any atom is 0.290 e. The van der Waals surface area contributed by atoms with Gasteiger partial charge in [0.2, 0.25) is 0 Å². The summed E-state index contributed by atoms with van der Waals surface area (Å²) in [6.45, 7) is 2.33. The van der Waals surface area contributed by atoms with Crippen molar-refractivity contribution < 1.29 is 9.66 Å². The number of nitro groups is 1. The lowest BCUT2D eigenvalue weighted by molar-refractivity contribution is -0.504. The number of nitrogens with zero attached hydrogens (tertiary/aromatic N) is 2. The van der Waals surface area contributed by atoms with E-state index in [4.69, 9.17) is 4.74 Å². The summed E-state index contributed by atoms with van der Waals surface area (Å²) in [7, 11) is 0. The van der Waals surface area contributed by atoms with Gasteiger partial charge in [-0.25, -0.2) is 4.99 Å². The van der Waals surface area contributed by atoms with Crippen molar-refractivity contribution in [2.45, 2.75) is 25.4 Å². The van der Waals surface area contributed by atoms with Gasteiger partial charge in [-0.05, 0) is 18.1 Å². The number of benzene rings is 2. The minimum absolute atomic E-state index is 0.161. The Morgan fingerprint density at radius 1 is 1.26 bits per heavy atom. The third-order valence-corrected chi connectivity index (χ3v) is 3.91. The molecule has 23 heavy (non-hydrogen) atoms. The van der Waals surface area contributed by atoms with E-state index >= 15 is 0 Å². The highest BCUT2D eigenvalue weighted by Crippen LogP contribution is 2.25. The fourth-order valence-corrected chi connectivity index (χ4v) is 2.74. The van der Waals surface area contributed by atoms with Crippen molar-refractivity contribution in [3.8, 4) is 0 Å². The van der Waals surface area contributed by atoms with Crippen LogP contribution in [0, 0.1) is 17.0 Å². The lowest BCUT2D eigenvalue weighted by Gasteiger charge is -2.09. The van der Waals surface area contributed by atoms with Crippen LogP contribution in [0.4, 0.5) is 0 Å². The van der Waals surface area contributed by atoms with Crippen molar-refractivity contribution in [3.05, 3.63) is 81.4 Å². The van der Waals surface area contributed by atoms with E-state index in [0.29, 0.717) is 6.61 Å². The average molecular weight is 310 g/mol. The van der Waals surface area contributed by atoms with Gasteiger partial charge in [0.1, 0.15) is 12.6 Å². The summed E-state index contributed by atoms with van der Waals surface area (Å²) in [4.78, 5) is 15.6. The number of aliphatic imine (C=N–C) groups is 1. The molecule has 0 bridgehead atoms. The van der Waals surface area contributed by atoms with Gasteiger partial charge in [-0.3, -0.25) is 10.1 Å². The largest absolute Gasteiger partial charge is 0.473 e. The van der Waals surface area contributed by atoms with Crippen molar-refractivity contribution in [3.63, 3.8) is 0 Å². The Kier molecular flexibility index (Phi) is 4.37. The molecule has 2 aromatic carbocycles. The van der Waals surface area contributed by atoms with Crippen molar-refractivity contribution in [1.29, 1.82) is 0 Å². The van der Waals surface area contributed by atoms with E-state index in [1.165, 1.54) is 0 Å². The predicted octanol–water partition coefficient (Wildman–Crippen LogP) is 3.35. The highest BCUT2D eigenvalue weighted by Gasteiger charge is 2.34. The normalized spacial score (nSPS) is 18.1. The fraction of sp³-hybridized carbons (Fsp3) is 0.278. The smallest absolute Gasteiger partial charge is 0.290 e. The van der Waals surface area contributed by atoms with Crippen LogP contribution in [0.25, 0.3) is 0 Å². The maximum absolute atomic E-state index is 11.5. The van der Waals surface area contributed by atoms with Crippen LogP contribution in [0.2, 0.25) is 0 Å². The Morgan fingerprint density at radius 3 is 2.74 bits per heavy atom. The Morgan fingerprint density at radius 2 is 2.04 bits per heavy atom. The number of rotatable bonds is 5. The highest BCUT2D eigenvalue weighted by molar-refractivity contribution is 5.82. The van der Waals surface area contributed by atoms with Crippen LogP contribution in [0.15, 0.2) is 59.6 Å². The molecule has 0 aliphatic carbocycles. The van der Waals surface area contributed by atoms with Crippen LogP contribution in [-0.4, -0.2) is 23.5 Å². The Labute approximate surface area is 134 Å². The first kappa shape index (κ1) is 15.2. The second-order valence-electron chi connectivity index (χ2n) is 5.70. The van der Waals surface area contributed by atoms with Crippen LogP contribution in [-0.2, 0) is 11.2 Å². The quantitative estimate of drug-likeness (QED) is 0.628. The first-order valence-corrected chi connectivity index (χ1v) is 7.58. The second-order valence-corrected chi connectivity index (χ2v) is 5.70. The Hall–Kier alpha value is -2.69. The van der Waals surface area contributed by atoms with Gasteiger partial charge in [-0.1, -0.05) is 60.2 Å². The molecule has 1 aliphatic heterocycles. The molecular formula is C18H18N2O3. The highest BCUT2D eigenvalue weighted by atomic mass is 16.6. The van der Waals surface area contributed by atoms with Gasteiger partial charge in [0.15, 0.2) is 0 Å². The van der Waals surface area contributed by atoms with Gasteiger partial charge in [0.05, 0.1) is 0 Å². The molecule has 2 atom stereocenters. The first-order valence-electron chi connectivity index (χ1n) is 7.58. The van der Waals surface area contributed by atoms with E-state index in [-0.39, 0.29) is 23.3 Å². The van der Waals surface area contributed by atoms with E-state index in [2.05, 4.69) is 4.99 Å². The molecule has 0 unspecified atom stereocenters. The van der Waals surface area contributed by atoms with E-state index < -0.39 is 6.04 Å². The number of hydrogen-bond donors (Lipinski definition) is 0. The van der Waals surface area contributed by atoms with E-state index in [9.17, 15) is 10.1 Å². The minimum atomic E-state index is -0.939. The fourth-order valence-electron chi connectivity index (χ4n) is 2.74. The molecule has 0 N–H and O–H groups in total. The summed E-state index contributed by atoms with van der Waals surface area (Å²) in [6, 6.07) is 16.4. The molecule has 3 rings (SSSR count). The number of aryl methyl sites for hydroxylation is 1. The van der Waals surface area contributed by atoms with Crippen molar-refractivity contribution in [2.24, 2.45) is 4.99 Å².